The van der Waals surface area contributed by atoms with E-state index in [9.17, 15) is 10.2 Å². The van der Waals surface area contributed by atoms with Gasteiger partial charge in [-0.05, 0) is 46.9 Å². The summed E-state index contributed by atoms with van der Waals surface area (Å²) in [5.74, 6) is 0.596. The van der Waals surface area contributed by atoms with Gasteiger partial charge in [0.25, 0.3) is 0 Å². The van der Waals surface area contributed by atoms with Crippen LogP contribution in [0, 0.1) is 0 Å². The van der Waals surface area contributed by atoms with Crippen LogP contribution in [0.2, 0.25) is 0 Å². The Bertz CT molecular complexity index is 913. The van der Waals surface area contributed by atoms with Crippen molar-refractivity contribution in [1.29, 1.82) is 0 Å². The third-order valence-corrected chi connectivity index (χ3v) is 5.11. The van der Waals surface area contributed by atoms with E-state index in [4.69, 9.17) is 0 Å². The molecule has 0 fully saturated rings. The van der Waals surface area contributed by atoms with Crippen LogP contribution in [0.3, 0.4) is 0 Å². The zero-order chi connectivity index (χ0) is 18.0. The highest BCUT2D eigenvalue weighted by atomic mass is 16.3. The van der Waals surface area contributed by atoms with Crippen molar-refractivity contribution < 1.29 is 10.2 Å². The zero-order valence-corrected chi connectivity index (χ0v) is 14.3. The Morgan fingerprint density at radius 2 is 1.15 bits per heavy atom. The van der Waals surface area contributed by atoms with Gasteiger partial charge in [-0.1, -0.05) is 78.9 Å². The van der Waals surface area contributed by atoms with E-state index in [2.05, 4.69) is 24.3 Å². The number of aliphatic hydroxyl groups excluding tert-OH is 1. The fraction of sp³-hybridized carbons (Fsp3) is 0.0833. The highest BCUT2D eigenvalue weighted by Crippen LogP contribution is 2.47. The molecule has 0 radical (unpaired) electrons. The Kier molecular flexibility index (Phi) is 4.10. The van der Waals surface area contributed by atoms with E-state index < -0.39 is 5.41 Å². The third kappa shape index (κ3) is 2.70. The van der Waals surface area contributed by atoms with Crippen LogP contribution in [0.25, 0.3) is 5.57 Å². The van der Waals surface area contributed by atoms with Gasteiger partial charge in [-0.15, -0.1) is 0 Å². The Balaban J connectivity index is 1.88. The van der Waals surface area contributed by atoms with Gasteiger partial charge in [0.15, 0.2) is 0 Å². The van der Waals surface area contributed by atoms with Gasteiger partial charge in [-0.3, -0.25) is 0 Å². The van der Waals surface area contributed by atoms with Crippen molar-refractivity contribution in [2.75, 3.05) is 0 Å². The molecule has 0 atom stereocenters. The fourth-order valence-corrected chi connectivity index (χ4v) is 3.74. The van der Waals surface area contributed by atoms with Crippen molar-refractivity contribution in [3.63, 3.8) is 0 Å². The van der Waals surface area contributed by atoms with Gasteiger partial charge in [0, 0.05) is 0 Å². The van der Waals surface area contributed by atoms with Gasteiger partial charge in [0.2, 0.25) is 0 Å². The Morgan fingerprint density at radius 3 is 1.69 bits per heavy atom. The monoisotopic (exact) mass is 340 g/mol. The molecule has 3 aromatic rings. The molecule has 2 heteroatoms. The van der Waals surface area contributed by atoms with Gasteiger partial charge in [0.05, 0.1) is 5.41 Å². The second-order valence-electron chi connectivity index (χ2n) is 6.60. The molecule has 0 aliphatic heterocycles. The van der Waals surface area contributed by atoms with Crippen LogP contribution in [0.5, 0.6) is 5.75 Å². The van der Waals surface area contributed by atoms with E-state index in [1.54, 1.807) is 18.2 Å². The van der Waals surface area contributed by atoms with Crippen molar-refractivity contribution in [1.82, 2.24) is 0 Å². The van der Waals surface area contributed by atoms with E-state index in [-0.39, 0.29) is 5.75 Å². The molecule has 0 amide bonds. The van der Waals surface area contributed by atoms with Gasteiger partial charge >= 0.3 is 0 Å². The molecule has 0 aromatic heterocycles. The molecule has 0 unspecified atom stereocenters. The molecule has 26 heavy (non-hydrogen) atoms. The fourth-order valence-electron chi connectivity index (χ4n) is 3.74. The SMILES string of the molecule is OC1=CC=C(c2ccc(O)cc2)CC1(c1ccccc1)c1ccccc1. The van der Waals surface area contributed by atoms with Crippen LogP contribution in [0.15, 0.2) is 103 Å². The molecule has 0 bridgehead atoms. The number of hydrogen-bond acceptors (Lipinski definition) is 2. The lowest BCUT2D eigenvalue weighted by Crippen LogP contribution is -2.32. The number of benzene rings is 3. The second kappa shape index (κ2) is 6.57. The first kappa shape index (κ1) is 16.2. The third-order valence-electron chi connectivity index (χ3n) is 5.11. The molecular formula is C24H20O2. The molecule has 2 N–H and O–H groups in total. The lowest BCUT2D eigenvalue weighted by molar-refractivity contribution is 0.322. The topological polar surface area (TPSA) is 40.5 Å². The van der Waals surface area contributed by atoms with Crippen LogP contribution in [0.1, 0.15) is 23.1 Å². The molecule has 0 saturated heterocycles. The van der Waals surface area contributed by atoms with E-state index in [1.807, 2.05) is 54.6 Å². The van der Waals surface area contributed by atoms with Crippen molar-refractivity contribution in [2.45, 2.75) is 11.8 Å². The van der Waals surface area contributed by atoms with E-state index in [0.29, 0.717) is 12.2 Å². The first-order valence-electron chi connectivity index (χ1n) is 8.71. The number of aliphatic hydroxyl groups is 1. The van der Waals surface area contributed by atoms with Gasteiger partial charge in [-0.2, -0.15) is 0 Å². The average molecular weight is 340 g/mol. The molecule has 3 aromatic carbocycles. The summed E-state index contributed by atoms with van der Waals surface area (Å²) < 4.78 is 0. The molecule has 1 aliphatic carbocycles. The molecular weight excluding hydrogens is 320 g/mol. The summed E-state index contributed by atoms with van der Waals surface area (Å²) in [5.41, 5.74) is 3.66. The highest BCUT2D eigenvalue weighted by Gasteiger charge is 2.40. The first-order chi connectivity index (χ1) is 12.7. The predicted molar refractivity (Wildman–Crippen MR) is 105 cm³/mol. The van der Waals surface area contributed by atoms with E-state index >= 15 is 0 Å². The number of phenols is 1. The molecule has 0 saturated carbocycles. The standard InChI is InChI=1S/C24H20O2/c25-22-14-11-18(12-15-22)19-13-16-23(26)24(17-19,20-7-3-1-4-8-20)21-9-5-2-6-10-21/h1-16,25-26H,17H2. The van der Waals surface area contributed by atoms with E-state index in [1.165, 1.54) is 0 Å². The van der Waals surface area contributed by atoms with Crippen LogP contribution >= 0.6 is 0 Å². The normalized spacial score (nSPS) is 15.8. The minimum atomic E-state index is -0.621. The smallest absolute Gasteiger partial charge is 0.115 e. The molecule has 0 spiro atoms. The van der Waals surface area contributed by atoms with Gasteiger partial charge < -0.3 is 10.2 Å². The number of hydrogen-bond donors (Lipinski definition) is 2. The maximum absolute atomic E-state index is 11.0. The summed E-state index contributed by atoms with van der Waals surface area (Å²) in [6, 6.07) is 27.5. The maximum Gasteiger partial charge on any atom is 0.115 e. The second-order valence-corrected chi connectivity index (χ2v) is 6.60. The van der Waals surface area contributed by atoms with Crippen molar-refractivity contribution in [3.8, 4) is 5.75 Å². The number of allylic oxidation sites excluding steroid dienone is 4. The van der Waals surface area contributed by atoms with Crippen LogP contribution in [-0.4, -0.2) is 10.2 Å². The predicted octanol–water partition coefficient (Wildman–Crippen LogP) is 5.61. The Labute approximate surface area is 153 Å². The Hall–Kier alpha value is -3.26. The summed E-state index contributed by atoms with van der Waals surface area (Å²) in [5, 5.41) is 20.6. The minimum absolute atomic E-state index is 0.251. The quantitative estimate of drug-likeness (QED) is 0.651. The van der Waals surface area contributed by atoms with Crippen LogP contribution in [0.4, 0.5) is 0 Å². The lowest BCUT2D eigenvalue weighted by Gasteiger charge is -2.37. The van der Waals surface area contributed by atoms with Crippen LogP contribution < -0.4 is 0 Å². The van der Waals surface area contributed by atoms with Crippen molar-refractivity contribution in [2.24, 2.45) is 0 Å². The summed E-state index contributed by atoms with van der Waals surface area (Å²) >= 11 is 0. The first-order valence-corrected chi connectivity index (χ1v) is 8.71. The Morgan fingerprint density at radius 1 is 0.615 bits per heavy atom. The summed E-state index contributed by atoms with van der Waals surface area (Å²) in [7, 11) is 0. The highest BCUT2D eigenvalue weighted by molar-refractivity contribution is 5.73. The summed E-state index contributed by atoms with van der Waals surface area (Å²) in [6.07, 6.45) is 4.41. The molecule has 128 valence electrons. The van der Waals surface area contributed by atoms with Gasteiger partial charge in [0.1, 0.15) is 11.5 Å². The number of phenolic OH excluding ortho intramolecular Hbond substituents is 1. The summed E-state index contributed by atoms with van der Waals surface area (Å²) in [6.45, 7) is 0. The zero-order valence-electron chi connectivity index (χ0n) is 14.3. The number of rotatable bonds is 3. The lowest BCUT2D eigenvalue weighted by atomic mass is 9.66. The molecule has 0 heterocycles. The summed E-state index contributed by atoms with van der Waals surface area (Å²) in [4.78, 5) is 0. The van der Waals surface area contributed by atoms with Gasteiger partial charge in [-0.25, -0.2) is 0 Å². The van der Waals surface area contributed by atoms with Crippen molar-refractivity contribution in [3.05, 3.63) is 120 Å². The minimum Gasteiger partial charge on any atom is -0.511 e. The number of aromatic hydroxyl groups is 1. The molecule has 1 aliphatic rings. The average Bonchev–Trinajstić information content (AvgIpc) is 2.70. The van der Waals surface area contributed by atoms with E-state index in [0.717, 1.165) is 22.3 Å². The maximum atomic E-state index is 11.0. The molecule has 4 rings (SSSR count). The largest absolute Gasteiger partial charge is 0.511 e. The molecule has 2 nitrogen and oxygen atoms in total. The van der Waals surface area contributed by atoms with Crippen molar-refractivity contribution >= 4 is 5.57 Å². The van der Waals surface area contributed by atoms with Crippen LogP contribution in [-0.2, 0) is 5.41 Å².